The largest absolute Gasteiger partial charge is 0.472 e. The number of hydrogen-bond donors (Lipinski definition) is 7. The predicted molar refractivity (Wildman–Crippen MR) is 136 cm³/mol. The Morgan fingerprint density at radius 1 is 1.00 bits per heavy atom. The second-order valence-corrected chi connectivity index (χ2v) is 10.8. The van der Waals surface area contributed by atoms with Gasteiger partial charge in [0, 0.05) is 7.11 Å². The summed E-state index contributed by atoms with van der Waals surface area (Å²) in [5.41, 5.74) is 11.1. The third-order valence-corrected chi connectivity index (χ3v) is 7.77. The summed E-state index contributed by atoms with van der Waals surface area (Å²) in [5.74, 6) is -0.122. The van der Waals surface area contributed by atoms with Crippen LogP contribution in [0.1, 0.15) is 12.5 Å². The number of aliphatic hydroxyl groups excluding tert-OH is 3. The van der Waals surface area contributed by atoms with Crippen LogP contribution in [0, 0.1) is 0 Å². The van der Waals surface area contributed by atoms with Gasteiger partial charge in [0.25, 0.3) is 5.56 Å². The van der Waals surface area contributed by atoms with Crippen LogP contribution < -0.4 is 17.0 Å². The minimum absolute atomic E-state index is 0.0274. The first-order valence-corrected chi connectivity index (χ1v) is 13.7. The number of imidazole rings is 2. The van der Waals surface area contributed by atoms with Crippen LogP contribution >= 0.6 is 7.82 Å². The number of aromatic nitrogens is 8. The summed E-state index contributed by atoms with van der Waals surface area (Å²) in [6.45, 7) is -0.738. The van der Waals surface area contributed by atoms with E-state index >= 15 is 0 Å². The van der Waals surface area contributed by atoms with E-state index in [9.17, 15) is 29.6 Å². The molecule has 0 saturated carbocycles. The SMILES string of the molecule is CO[C@H]1O[C@@H](n2cnc3c(N)ncnc32)[C@@H](O)[C@H]1OP(=O)(O)OC[C@H]1O[C@@H](n2cnc3c(=O)[nH]c(N)nc32)[C@@H](O)[C@H]1O. The smallest absolute Gasteiger partial charge is 0.387 e. The van der Waals surface area contributed by atoms with Crippen molar-refractivity contribution in [1.29, 1.82) is 0 Å². The van der Waals surface area contributed by atoms with E-state index in [0.29, 0.717) is 0 Å². The molecule has 4 aromatic heterocycles. The Morgan fingerprint density at radius 3 is 2.43 bits per heavy atom. The van der Waals surface area contributed by atoms with E-state index < -0.39 is 69.3 Å². The van der Waals surface area contributed by atoms with Gasteiger partial charge in [-0.1, -0.05) is 0 Å². The van der Waals surface area contributed by atoms with E-state index in [1.54, 1.807) is 0 Å². The molecule has 6 rings (SSSR count). The summed E-state index contributed by atoms with van der Waals surface area (Å²) in [4.78, 5) is 44.7. The third-order valence-electron chi connectivity index (χ3n) is 6.78. The predicted octanol–water partition coefficient (Wildman–Crippen LogP) is -2.89. The van der Waals surface area contributed by atoms with Crippen LogP contribution in [0.3, 0.4) is 0 Å². The van der Waals surface area contributed by atoms with Crippen LogP contribution in [-0.4, -0.2) is 110 Å². The van der Waals surface area contributed by atoms with Crippen LogP contribution in [0.4, 0.5) is 11.8 Å². The van der Waals surface area contributed by atoms with Crippen LogP contribution in [-0.2, 0) is 27.8 Å². The van der Waals surface area contributed by atoms with Crippen molar-refractivity contribution in [3.05, 3.63) is 29.3 Å². The van der Waals surface area contributed by atoms with E-state index in [1.807, 2.05) is 0 Å². The normalized spacial score (nSPS) is 31.3. The van der Waals surface area contributed by atoms with Gasteiger partial charge in [-0.2, -0.15) is 4.98 Å². The molecule has 2 saturated heterocycles. The quantitative estimate of drug-likeness (QED) is 0.0982. The number of aliphatic hydroxyl groups is 3. The number of nitrogens with one attached hydrogen (secondary N) is 1. The summed E-state index contributed by atoms with van der Waals surface area (Å²) in [7, 11) is -3.75. The molecule has 9 N–H and O–H groups in total. The number of phosphoric ester groups is 1. The summed E-state index contributed by atoms with van der Waals surface area (Å²) < 4.78 is 42.2. The Morgan fingerprint density at radius 2 is 1.69 bits per heavy atom. The molecule has 226 valence electrons. The molecule has 0 spiro atoms. The van der Waals surface area contributed by atoms with Crippen molar-refractivity contribution in [2.75, 3.05) is 25.2 Å². The molecular weight excluding hydrogens is 587 g/mol. The molecule has 22 heteroatoms. The number of nitrogens with two attached hydrogens (primary N) is 2. The first-order valence-electron chi connectivity index (χ1n) is 12.2. The molecule has 2 aliphatic heterocycles. The van der Waals surface area contributed by atoms with Crippen LogP contribution in [0.2, 0.25) is 0 Å². The Labute approximate surface area is 233 Å². The highest BCUT2D eigenvalue weighted by Crippen LogP contribution is 2.49. The number of ether oxygens (including phenoxy) is 3. The molecule has 2 fully saturated rings. The molecule has 0 aromatic carbocycles. The Bertz CT molecular complexity index is 1730. The van der Waals surface area contributed by atoms with Gasteiger partial charge in [0.2, 0.25) is 5.95 Å². The van der Waals surface area contributed by atoms with Gasteiger partial charge in [-0.3, -0.25) is 28.0 Å². The van der Waals surface area contributed by atoms with Gasteiger partial charge in [0.1, 0.15) is 36.3 Å². The lowest BCUT2D eigenvalue weighted by molar-refractivity contribution is -0.159. The number of phosphoric acid groups is 1. The maximum atomic E-state index is 12.9. The van der Waals surface area contributed by atoms with Crippen molar-refractivity contribution in [2.24, 2.45) is 0 Å². The minimum Gasteiger partial charge on any atom is -0.387 e. The summed E-state index contributed by atoms with van der Waals surface area (Å²) in [6.07, 6.45) is -7.86. The number of fused-ring (bicyclic) bond motifs is 2. The number of methoxy groups -OCH3 is 1. The lowest BCUT2D eigenvalue weighted by Gasteiger charge is -2.23. The zero-order valence-electron chi connectivity index (χ0n) is 21.4. The molecule has 0 aliphatic carbocycles. The zero-order chi connectivity index (χ0) is 29.9. The van der Waals surface area contributed by atoms with Crippen LogP contribution in [0.15, 0.2) is 23.8 Å². The van der Waals surface area contributed by atoms with Crippen LogP contribution in [0.25, 0.3) is 22.3 Å². The van der Waals surface area contributed by atoms with E-state index in [4.69, 9.17) is 34.7 Å². The second-order valence-electron chi connectivity index (χ2n) is 9.36. The van der Waals surface area contributed by atoms with E-state index in [2.05, 4.69) is 29.9 Å². The van der Waals surface area contributed by atoms with Gasteiger partial charge in [-0.05, 0) is 0 Å². The molecule has 0 bridgehead atoms. The molecule has 0 radical (unpaired) electrons. The average molecular weight is 612 g/mol. The highest BCUT2D eigenvalue weighted by molar-refractivity contribution is 7.47. The third kappa shape index (κ3) is 4.80. The van der Waals surface area contributed by atoms with Crippen molar-refractivity contribution in [3.8, 4) is 0 Å². The molecule has 4 aromatic rings. The van der Waals surface area contributed by atoms with Crippen molar-refractivity contribution in [3.63, 3.8) is 0 Å². The highest BCUT2D eigenvalue weighted by Gasteiger charge is 2.51. The lowest BCUT2D eigenvalue weighted by Crippen LogP contribution is -2.36. The Balaban J connectivity index is 1.14. The first-order chi connectivity index (χ1) is 20.0. The first kappa shape index (κ1) is 28.5. The van der Waals surface area contributed by atoms with Gasteiger partial charge in [-0.15, -0.1) is 0 Å². The van der Waals surface area contributed by atoms with Crippen LogP contribution in [0.5, 0.6) is 0 Å². The summed E-state index contributed by atoms with van der Waals surface area (Å²) in [6, 6.07) is 0. The molecular formula is C20H25N10O11P. The van der Waals surface area contributed by atoms with Crippen molar-refractivity contribution >= 4 is 41.9 Å². The number of hydrogen-bond acceptors (Lipinski definition) is 17. The minimum atomic E-state index is -4.98. The molecule has 2 aliphatic rings. The molecule has 0 amide bonds. The highest BCUT2D eigenvalue weighted by atomic mass is 31.2. The molecule has 1 unspecified atom stereocenters. The van der Waals surface area contributed by atoms with Crippen molar-refractivity contribution in [2.45, 2.75) is 49.3 Å². The van der Waals surface area contributed by atoms with Gasteiger partial charge >= 0.3 is 7.82 Å². The number of nitrogen functional groups attached to an aromatic ring is 2. The van der Waals surface area contributed by atoms with Crippen molar-refractivity contribution < 1.29 is 48.0 Å². The van der Waals surface area contributed by atoms with Crippen molar-refractivity contribution in [1.82, 2.24) is 39.0 Å². The maximum absolute atomic E-state index is 12.9. The summed E-state index contributed by atoms with van der Waals surface area (Å²) in [5, 5.41) is 32.1. The number of rotatable bonds is 8. The lowest BCUT2D eigenvalue weighted by atomic mass is 10.1. The number of H-pyrrole nitrogens is 1. The topological polar surface area (TPSA) is 303 Å². The number of anilines is 2. The molecule has 9 atom stereocenters. The number of nitrogens with zero attached hydrogens (tertiary/aromatic N) is 7. The standard InChI is InChI=1S/C20H25N10O11P/c1-37-19-12(11(33)18(40-19)29-4-25-7-13(21)23-3-24-14(7)29)41-42(35,36)38-2-6-9(31)10(32)17(39-6)30-5-26-8-15(30)27-20(22)28-16(8)34/h3-6,9-12,17-19,31-33H,2H2,1H3,(H,35,36)(H2,21,23,24)(H3,22,27,28,34)/t6-,9+,10+,11+,12-,17-,18-,19+/m1/s1. The Hall–Kier alpha value is -3.63. The second kappa shape index (κ2) is 10.6. The Kier molecular flexibility index (Phi) is 7.17. The zero-order valence-corrected chi connectivity index (χ0v) is 22.3. The molecule has 6 heterocycles. The van der Waals surface area contributed by atoms with Gasteiger partial charge in [-0.25, -0.2) is 24.5 Å². The monoisotopic (exact) mass is 612 g/mol. The fourth-order valence-corrected chi connectivity index (χ4v) is 5.71. The fraction of sp³-hybridized carbons (Fsp3) is 0.500. The van der Waals surface area contributed by atoms with Gasteiger partial charge in [0.15, 0.2) is 47.5 Å². The van der Waals surface area contributed by atoms with E-state index in [1.165, 1.54) is 28.9 Å². The molecule has 42 heavy (non-hydrogen) atoms. The summed E-state index contributed by atoms with van der Waals surface area (Å²) >= 11 is 0. The molecule has 21 nitrogen and oxygen atoms in total. The number of aromatic amines is 1. The average Bonchev–Trinajstić information content (AvgIpc) is 3.69. The fourth-order valence-electron chi connectivity index (χ4n) is 4.78. The van der Waals surface area contributed by atoms with Gasteiger partial charge < -0.3 is 45.9 Å². The van der Waals surface area contributed by atoms with Gasteiger partial charge in [0.05, 0.1) is 19.3 Å². The van der Waals surface area contributed by atoms with E-state index in [-0.39, 0.29) is 34.1 Å². The van der Waals surface area contributed by atoms with E-state index in [0.717, 1.165) is 6.33 Å². The maximum Gasteiger partial charge on any atom is 0.472 e.